The second kappa shape index (κ2) is 9.31. The summed E-state index contributed by atoms with van der Waals surface area (Å²) in [7, 11) is 0. The molecule has 2 fully saturated rings. The van der Waals surface area contributed by atoms with E-state index in [2.05, 4.69) is 19.9 Å². The number of thioether (sulfide) groups is 1. The van der Waals surface area contributed by atoms with E-state index >= 15 is 0 Å². The van der Waals surface area contributed by atoms with Crippen LogP contribution in [-0.2, 0) is 9.59 Å². The molecule has 28 heavy (non-hydrogen) atoms. The lowest BCUT2D eigenvalue weighted by Crippen LogP contribution is -2.64. The van der Waals surface area contributed by atoms with Gasteiger partial charge < -0.3 is 15.7 Å². The summed E-state index contributed by atoms with van der Waals surface area (Å²) in [6.45, 7) is 2.52. The number of aliphatic carboxylic acids is 1. The number of β-lactam (4-membered cyclic amide) rings is 1. The van der Waals surface area contributed by atoms with E-state index in [1.54, 1.807) is 6.34 Å². The van der Waals surface area contributed by atoms with Crippen LogP contribution < -0.4 is 5.73 Å². The zero-order valence-corrected chi connectivity index (χ0v) is 16.4. The third-order valence-electron chi connectivity index (χ3n) is 5.40. The maximum Gasteiger partial charge on any atom is 0.352 e. The molecule has 0 aliphatic carbocycles. The molecule has 10 nitrogen and oxygen atoms in total. The van der Waals surface area contributed by atoms with E-state index in [0.29, 0.717) is 17.2 Å². The van der Waals surface area contributed by atoms with Crippen LogP contribution in [0.3, 0.4) is 0 Å². The molecule has 152 valence electrons. The maximum atomic E-state index is 12.5. The number of carbonyl (C=O) groups is 2. The highest BCUT2D eigenvalue weighted by Gasteiger charge is 2.53. The minimum absolute atomic E-state index is 0.0470. The summed E-state index contributed by atoms with van der Waals surface area (Å²) in [5.74, 6) is -0.375. The van der Waals surface area contributed by atoms with Crippen LogP contribution in [0.15, 0.2) is 21.4 Å². The highest BCUT2D eigenvalue weighted by molar-refractivity contribution is 8.00. The Morgan fingerprint density at radius 3 is 2.82 bits per heavy atom. The Hall–Kier alpha value is -2.23. The van der Waals surface area contributed by atoms with Crippen molar-refractivity contribution in [3.05, 3.63) is 21.7 Å². The highest BCUT2D eigenvalue weighted by Crippen LogP contribution is 2.41. The van der Waals surface area contributed by atoms with Crippen LogP contribution >= 0.6 is 11.8 Å². The van der Waals surface area contributed by atoms with E-state index in [4.69, 9.17) is 11.3 Å². The molecule has 2 saturated heterocycles. The number of carboxylic acids is 1. The number of azide groups is 1. The second-order valence-electron chi connectivity index (χ2n) is 7.18. The number of hydrogen-bond acceptors (Lipinski definition) is 6. The zero-order chi connectivity index (χ0) is 20.1. The van der Waals surface area contributed by atoms with Crippen molar-refractivity contribution in [3.63, 3.8) is 0 Å². The largest absolute Gasteiger partial charge is 0.477 e. The number of carboxylic acid groups (broad SMARTS) is 1. The second-order valence-corrected chi connectivity index (χ2v) is 8.28. The molecule has 2 atom stereocenters. The molecule has 0 aromatic rings. The number of nitrogens with two attached hydrogens (primary N) is 1. The van der Waals surface area contributed by atoms with E-state index < -0.39 is 12.0 Å². The van der Waals surface area contributed by atoms with Crippen molar-refractivity contribution in [1.29, 1.82) is 0 Å². The summed E-state index contributed by atoms with van der Waals surface area (Å²) in [4.78, 5) is 34.7. The molecule has 0 saturated carbocycles. The zero-order valence-electron chi connectivity index (χ0n) is 15.6. The minimum Gasteiger partial charge on any atom is -0.477 e. The summed E-state index contributed by atoms with van der Waals surface area (Å²) < 4.78 is 0. The molecule has 3 rings (SSSR count). The van der Waals surface area contributed by atoms with Crippen LogP contribution in [0.4, 0.5) is 0 Å². The fourth-order valence-electron chi connectivity index (χ4n) is 3.84. The molecule has 3 heterocycles. The SMILES string of the molecule is [N-]=[N+]=NCC1=C(C(=O)O)N2C(=O)C(N=CN3CCC(CCCN)CC3)[C@H]2SC1. The lowest BCUT2D eigenvalue weighted by atomic mass is 9.92. The van der Waals surface area contributed by atoms with Crippen molar-refractivity contribution in [2.45, 2.75) is 37.1 Å². The number of amides is 1. The standard InChI is InChI=1S/C17H25N7O3S/c18-5-1-2-11-3-6-23(7-4-11)10-20-13-15(25)24-14(17(26)27)12(8-21-22-19)9-28-16(13)24/h10-11,13,16H,1-9,18H2,(H,26,27)/t13?,16-/m1/s1. The normalized spacial score (nSPS) is 25.5. The number of hydrogen-bond donors (Lipinski definition) is 2. The third kappa shape index (κ3) is 4.26. The van der Waals surface area contributed by atoms with Crippen molar-refractivity contribution in [2.75, 3.05) is 31.9 Å². The Kier molecular flexibility index (Phi) is 6.82. The Morgan fingerprint density at radius 2 is 2.18 bits per heavy atom. The smallest absolute Gasteiger partial charge is 0.352 e. The first kappa shape index (κ1) is 20.5. The maximum absolute atomic E-state index is 12.5. The van der Waals surface area contributed by atoms with Crippen LogP contribution in [0.1, 0.15) is 25.7 Å². The molecule has 3 aliphatic heterocycles. The molecule has 0 bridgehead atoms. The van der Waals surface area contributed by atoms with E-state index in [-0.39, 0.29) is 23.5 Å². The van der Waals surface area contributed by atoms with Gasteiger partial charge in [0.25, 0.3) is 5.91 Å². The van der Waals surface area contributed by atoms with E-state index in [0.717, 1.165) is 38.9 Å². The number of aliphatic imine (C=N–C) groups is 1. The molecule has 1 unspecified atom stereocenters. The van der Waals surface area contributed by atoms with Gasteiger partial charge in [-0.2, -0.15) is 0 Å². The van der Waals surface area contributed by atoms with Crippen LogP contribution in [-0.4, -0.2) is 76.5 Å². The van der Waals surface area contributed by atoms with Gasteiger partial charge in [0.05, 0.1) is 12.9 Å². The minimum atomic E-state index is -1.18. The first-order valence-corrected chi connectivity index (χ1v) is 10.5. The van der Waals surface area contributed by atoms with Gasteiger partial charge in [-0.25, -0.2) is 4.79 Å². The van der Waals surface area contributed by atoms with E-state index in [9.17, 15) is 14.7 Å². The summed E-state index contributed by atoms with van der Waals surface area (Å²) in [6, 6.07) is -0.560. The monoisotopic (exact) mass is 407 g/mol. The summed E-state index contributed by atoms with van der Waals surface area (Å²) >= 11 is 1.46. The molecule has 11 heteroatoms. The molecular weight excluding hydrogens is 382 g/mol. The molecule has 0 aromatic carbocycles. The predicted octanol–water partition coefficient (Wildman–Crippen LogP) is 1.40. The van der Waals surface area contributed by atoms with Gasteiger partial charge in [0.2, 0.25) is 0 Å². The fourth-order valence-corrected chi connectivity index (χ4v) is 5.16. The van der Waals surface area contributed by atoms with Gasteiger partial charge in [-0.3, -0.25) is 14.7 Å². The molecule has 0 aromatic heterocycles. The number of rotatable bonds is 8. The Morgan fingerprint density at radius 1 is 1.43 bits per heavy atom. The number of nitrogens with zero attached hydrogens (tertiary/aromatic N) is 6. The van der Waals surface area contributed by atoms with Gasteiger partial charge in [-0.05, 0) is 49.3 Å². The van der Waals surface area contributed by atoms with Gasteiger partial charge in [-0.1, -0.05) is 5.11 Å². The lowest BCUT2D eigenvalue weighted by molar-refractivity contribution is -0.147. The van der Waals surface area contributed by atoms with Gasteiger partial charge in [0.15, 0.2) is 6.04 Å². The van der Waals surface area contributed by atoms with Gasteiger partial charge in [-0.15, -0.1) is 11.8 Å². The molecule has 3 N–H and O–H groups in total. The average Bonchev–Trinajstić information content (AvgIpc) is 2.70. The van der Waals surface area contributed by atoms with E-state index in [1.807, 2.05) is 0 Å². The quantitative estimate of drug-likeness (QED) is 0.155. The van der Waals surface area contributed by atoms with Crippen molar-refractivity contribution in [2.24, 2.45) is 21.8 Å². The number of carbonyl (C=O) groups excluding carboxylic acids is 1. The topological polar surface area (TPSA) is 148 Å². The van der Waals surface area contributed by atoms with Gasteiger partial charge in [0.1, 0.15) is 11.1 Å². The molecule has 3 aliphatic rings. The van der Waals surface area contributed by atoms with Crippen LogP contribution in [0, 0.1) is 5.92 Å². The van der Waals surface area contributed by atoms with Crippen molar-refractivity contribution in [1.82, 2.24) is 9.80 Å². The summed E-state index contributed by atoms with van der Waals surface area (Å²) in [6.07, 6.45) is 6.18. The average molecular weight is 408 g/mol. The van der Waals surface area contributed by atoms with Crippen LogP contribution in [0.2, 0.25) is 0 Å². The Labute approximate surface area is 167 Å². The lowest BCUT2D eigenvalue weighted by Gasteiger charge is -2.47. The van der Waals surface area contributed by atoms with Crippen LogP contribution in [0.5, 0.6) is 0 Å². The van der Waals surface area contributed by atoms with Crippen molar-refractivity contribution < 1.29 is 14.7 Å². The summed E-state index contributed by atoms with van der Waals surface area (Å²) in [5.41, 5.74) is 14.4. The van der Waals surface area contributed by atoms with Crippen molar-refractivity contribution >= 4 is 30.0 Å². The molecular formula is C17H25N7O3S. The number of fused-ring (bicyclic) bond motifs is 1. The first-order chi connectivity index (χ1) is 13.6. The van der Waals surface area contributed by atoms with Gasteiger partial charge >= 0.3 is 5.97 Å². The Balaban J connectivity index is 1.60. The molecule has 0 radical (unpaired) electrons. The molecule has 1 amide bonds. The summed E-state index contributed by atoms with van der Waals surface area (Å²) in [5, 5.41) is 12.6. The Bertz CT molecular complexity index is 726. The van der Waals surface area contributed by atoms with Crippen LogP contribution in [0.25, 0.3) is 10.4 Å². The first-order valence-electron chi connectivity index (χ1n) is 9.45. The van der Waals surface area contributed by atoms with Gasteiger partial charge in [0, 0.05) is 23.8 Å². The van der Waals surface area contributed by atoms with E-state index in [1.165, 1.54) is 23.1 Å². The molecule has 0 spiro atoms. The fraction of sp³-hybridized carbons (Fsp3) is 0.706. The highest BCUT2D eigenvalue weighted by atomic mass is 32.2. The number of likely N-dealkylation sites (tertiary alicyclic amines) is 1. The number of piperidine rings is 1. The predicted molar refractivity (Wildman–Crippen MR) is 107 cm³/mol. The third-order valence-corrected chi connectivity index (χ3v) is 6.73. The van der Waals surface area contributed by atoms with Crippen molar-refractivity contribution in [3.8, 4) is 0 Å².